The van der Waals surface area contributed by atoms with Gasteiger partial charge in [0.2, 0.25) is 5.79 Å². The molecular weight excluding hydrogens is 384 g/mol. The summed E-state index contributed by atoms with van der Waals surface area (Å²) in [5, 5.41) is 0. The molecule has 1 aliphatic carbocycles. The second kappa shape index (κ2) is 8.58. The van der Waals surface area contributed by atoms with Crippen molar-refractivity contribution in [3.63, 3.8) is 0 Å². The van der Waals surface area contributed by atoms with Gasteiger partial charge in [0.25, 0.3) is 0 Å². The Morgan fingerprint density at radius 3 is 2.20 bits per heavy atom. The summed E-state index contributed by atoms with van der Waals surface area (Å²) < 4.78 is 23.4. The molecule has 2 fully saturated rings. The zero-order valence-corrected chi connectivity index (χ0v) is 17.2. The zero-order chi connectivity index (χ0) is 21.1. The summed E-state index contributed by atoms with van der Waals surface area (Å²) in [6, 6.07) is 17.7. The smallest absolute Gasteiger partial charge is 0.338 e. The molecule has 1 heterocycles. The monoisotopic (exact) mass is 410 g/mol. The van der Waals surface area contributed by atoms with Crippen LogP contribution in [0.5, 0.6) is 0 Å². The van der Waals surface area contributed by atoms with Crippen molar-refractivity contribution in [2.75, 3.05) is 13.2 Å². The van der Waals surface area contributed by atoms with Gasteiger partial charge in [0.15, 0.2) is 6.10 Å². The van der Waals surface area contributed by atoms with E-state index in [9.17, 15) is 9.59 Å². The predicted octanol–water partition coefficient (Wildman–Crippen LogP) is 3.86. The van der Waals surface area contributed by atoms with Crippen molar-refractivity contribution >= 4 is 11.9 Å². The lowest BCUT2D eigenvalue weighted by Gasteiger charge is -2.31. The molecule has 4 rings (SSSR count). The van der Waals surface area contributed by atoms with Gasteiger partial charge in [-0.15, -0.1) is 0 Å². The molecule has 0 N–H and O–H groups in total. The van der Waals surface area contributed by atoms with E-state index in [1.165, 1.54) is 0 Å². The van der Waals surface area contributed by atoms with Crippen LogP contribution < -0.4 is 0 Å². The summed E-state index contributed by atoms with van der Waals surface area (Å²) >= 11 is 0. The van der Waals surface area contributed by atoms with E-state index >= 15 is 0 Å². The Labute approximate surface area is 176 Å². The standard InChI is InChI=1S/C24H26O6/c1-3-28-24-20(21(24)29-23(26)18-12-8-5-9-13-18)19(14-16(2)30-24)15-27-22(25)17-10-6-4-7-11-17/h4-13,16,19-21H,3,14-15H2,1-2H3. The lowest BCUT2D eigenvalue weighted by Crippen LogP contribution is -2.38. The summed E-state index contributed by atoms with van der Waals surface area (Å²) in [6.45, 7) is 4.49. The summed E-state index contributed by atoms with van der Waals surface area (Å²) in [5.74, 6) is -1.95. The number of hydrogen-bond donors (Lipinski definition) is 0. The van der Waals surface area contributed by atoms with Crippen molar-refractivity contribution in [2.24, 2.45) is 11.8 Å². The number of carbonyl (C=O) groups is 2. The van der Waals surface area contributed by atoms with Crippen LogP contribution in [0.1, 0.15) is 41.0 Å². The highest BCUT2D eigenvalue weighted by Crippen LogP contribution is 2.59. The maximum atomic E-state index is 12.6. The van der Waals surface area contributed by atoms with Gasteiger partial charge in [-0.1, -0.05) is 36.4 Å². The number of hydrogen-bond acceptors (Lipinski definition) is 6. The van der Waals surface area contributed by atoms with Crippen LogP contribution in [0.15, 0.2) is 60.7 Å². The number of benzene rings is 2. The maximum absolute atomic E-state index is 12.6. The van der Waals surface area contributed by atoms with E-state index in [2.05, 4.69) is 0 Å². The molecule has 1 saturated carbocycles. The average Bonchev–Trinajstić information content (AvgIpc) is 3.38. The van der Waals surface area contributed by atoms with Crippen molar-refractivity contribution in [3.8, 4) is 0 Å². The SMILES string of the molecule is CCOC12OC(C)CC(COC(=O)c3ccccc3)C1C2OC(=O)c1ccccc1. The second-order valence-electron chi connectivity index (χ2n) is 7.76. The summed E-state index contributed by atoms with van der Waals surface area (Å²) in [5.41, 5.74) is 0.990. The van der Waals surface area contributed by atoms with Crippen molar-refractivity contribution in [3.05, 3.63) is 71.8 Å². The topological polar surface area (TPSA) is 71.1 Å². The Morgan fingerprint density at radius 2 is 1.60 bits per heavy atom. The quantitative estimate of drug-likeness (QED) is 0.646. The van der Waals surface area contributed by atoms with E-state index in [1.54, 1.807) is 48.5 Å². The van der Waals surface area contributed by atoms with E-state index in [4.69, 9.17) is 18.9 Å². The molecule has 0 spiro atoms. The van der Waals surface area contributed by atoms with Crippen molar-refractivity contribution in [1.29, 1.82) is 0 Å². The predicted molar refractivity (Wildman–Crippen MR) is 109 cm³/mol. The summed E-state index contributed by atoms with van der Waals surface area (Å²) in [7, 11) is 0. The van der Waals surface area contributed by atoms with Gasteiger partial charge in [-0.05, 0) is 44.5 Å². The molecule has 1 aliphatic heterocycles. The van der Waals surface area contributed by atoms with E-state index in [0.717, 1.165) is 0 Å². The number of ether oxygens (including phenoxy) is 4. The van der Waals surface area contributed by atoms with Crippen LogP contribution in [0.4, 0.5) is 0 Å². The van der Waals surface area contributed by atoms with Gasteiger partial charge in [-0.25, -0.2) is 9.59 Å². The number of rotatable bonds is 7. The van der Waals surface area contributed by atoms with E-state index in [-0.39, 0.29) is 30.5 Å². The maximum Gasteiger partial charge on any atom is 0.338 e. The average molecular weight is 410 g/mol. The highest BCUT2D eigenvalue weighted by Gasteiger charge is 2.76. The van der Waals surface area contributed by atoms with Crippen LogP contribution in [0.2, 0.25) is 0 Å². The lowest BCUT2D eigenvalue weighted by atomic mass is 9.94. The molecule has 2 aromatic carbocycles. The number of fused-ring (bicyclic) bond motifs is 1. The first-order chi connectivity index (χ1) is 14.5. The van der Waals surface area contributed by atoms with Crippen molar-refractivity contribution in [2.45, 2.75) is 38.3 Å². The first-order valence-corrected chi connectivity index (χ1v) is 10.3. The minimum atomic E-state index is -0.972. The molecule has 5 unspecified atom stereocenters. The van der Waals surface area contributed by atoms with Gasteiger partial charge in [-0.2, -0.15) is 0 Å². The Bertz CT molecular complexity index is 883. The number of carbonyl (C=O) groups excluding carboxylic acids is 2. The zero-order valence-electron chi connectivity index (χ0n) is 17.2. The fourth-order valence-electron chi connectivity index (χ4n) is 4.36. The van der Waals surface area contributed by atoms with Gasteiger partial charge in [0.05, 0.1) is 29.8 Å². The molecule has 30 heavy (non-hydrogen) atoms. The molecule has 2 aromatic rings. The highest BCUT2D eigenvalue weighted by atomic mass is 16.7. The molecule has 5 atom stereocenters. The van der Waals surface area contributed by atoms with E-state index < -0.39 is 17.9 Å². The molecule has 0 amide bonds. The third kappa shape index (κ3) is 3.98. The van der Waals surface area contributed by atoms with Crippen molar-refractivity contribution < 1.29 is 28.5 Å². The number of esters is 2. The highest BCUT2D eigenvalue weighted by molar-refractivity contribution is 5.90. The fraction of sp³-hybridized carbons (Fsp3) is 0.417. The van der Waals surface area contributed by atoms with Crippen LogP contribution in [-0.2, 0) is 18.9 Å². The largest absolute Gasteiger partial charge is 0.462 e. The van der Waals surface area contributed by atoms with E-state index in [1.807, 2.05) is 26.0 Å². The van der Waals surface area contributed by atoms with Gasteiger partial charge in [0, 0.05) is 12.5 Å². The third-order valence-corrected chi connectivity index (χ3v) is 5.66. The Morgan fingerprint density at radius 1 is 1.00 bits per heavy atom. The molecule has 158 valence electrons. The molecule has 0 bridgehead atoms. The van der Waals surface area contributed by atoms with Crippen LogP contribution >= 0.6 is 0 Å². The first kappa shape index (κ1) is 20.6. The van der Waals surface area contributed by atoms with Gasteiger partial charge in [0.1, 0.15) is 0 Å². The van der Waals surface area contributed by atoms with Crippen LogP contribution in [0, 0.1) is 11.8 Å². The Kier molecular flexibility index (Phi) is 5.88. The van der Waals surface area contributed by atoms with Gasteiger partial charge >= 0.3 is 11.9 Å². The molecule has 0 radical (unpaired) electrons. The lowest BCUT2D eigenvalue weighted by molar-refractivity contribution is -0.233. The Balaban J connectivity index is 1.47. The van der Waals surface area contributed by atoms with Gasteiger partial charge in [-0.3, -0.25) is 0 Å². The Hall–Kier alpha value is -2.70. The van der Waals surface area contributed by atoms with E-state index in [0.29, 0.717) is 24.2 Å². The third-order valence-electron chi connectivity index (χ3n) is 5.66. The fourth-order valence-corrected chi connectivity index (χ4v) is 4.36. The first-order valence-electron chi connectivity index (χ1n) is 10.3. The minimum absolute atomic E-state index is 0.0264. The van der Waals surface area contributed by atoms with Crippen LogP contribution in [-0.4, -0.2) is 43.1 Å². The molecule has 6 nitrogen and oxygen atoms in total. The summed E-state index contributed by atoms with van der Waals surface area (Å²) in [6.07, 6.45) is 0.0604. The van der Waals surface area contributed by atoms with Crippen LogP contribution in [0.3, 0.4) is 0 Å². The molecular formula is C24H26O6. The molecule has 0 aromatic heterocycles. The van der Waals surface area contributed by atoms with Crippen molar-refractivity contribution in [1.82, 2.24) is 0 Å². The molecule has 2 aliphatic rings. The summed E-state index contributed by atoms with van der Waals surface area (Å²) in [4.78, 5) is 25.0. The van der Waals surface area contributed by atoms with Crippen LogP contribution in [0.25, 0.3) is 0 Å². The normalized spacial score (nSPS) is 29.5. The molecule has 6 heteroatoms. The molecule has 1 saturated heterocycles. The second-order valence-corrected chi connectivity index (χ2v) is 7.76. The van der Waals surface area contributed by atoms with Gasteiger partial charge < -0.3 is 18.9 Å². The minimum Gasteiger partial charge on any atom is -0.462 e.